The first-order chi connectivity index (χ1) is 20.5. The Morgan fingerprint density at radius 3 is 2.51 bits per heavy atom. The number of carbonyl (C=O) groups excluding carboxylic acids is 1. The molecule has 0 radical (unpaired) electrons. The summed E-state index contributed by atoms with van der Waals surface area (Å²) in [5, 5.41) is 10.0. The molecule has 0 saturated heterocycles. The van der Waals surface area contributed by atoms with Gasteiger partial charge < -0.3 is 19.8 Å². The number of aromatic amines is 1. The van der Waals surface area contributed by atoms with Crippen LogP contribution in [0.5, 0.6) is 11.5 Å². The minimum Gasteiger partial charge on any atom is -0.493 e. The van der Waals surface area contributed by atoms with Gasteiger partial charge in [-0.3, -0.25) is 13.9 Å². The number of anilines is 1. The van der Waals surface area contributed by atoms with E-state index in [1.807, 2.05) is 6.26 Å². The highest BCUT2D eigenvalue weighted by atomic mass is 32.2. The number of amides is 1. The number of hydrogen-bond acceptors (Lipinski definition) is 7. The lowest BCUT2D eigenvalue weighted by atomic mass is 9.99. The quantitative estimate of drug-likeness (QED) is 0.172. The zero-order chi connectivity index (χ0) is 30.9. The number of methoxy groups -OCH3 is 1. The summed E-state index contributed by atoms with van der Waals surface area (Å²) < 4.78 is 70.4. The van der Waals surface area contributed by atoms with Gasteiger partial charge in [0.1, 0.15) is 19.5 Å². The molecule has 0 atom stereocenters. The number of nitrogens with zero attached hydrogens (tertiary/aromatic N) is 4. The van der Waals surface area contributed by atoms with Crippen molar-refractivity contribution in [1.29, 1.82) is 0 Å². The fourth-order valence-corrected chi connectivity index (χ4v) is 4.98. The van der Waals surface area contributed by atoms with Gasteiger partial charge in [0.25, 0.3) is 0 Å². The average Bonchev–Trinajstić information content (AvgIpc) is 3.58. The van der Waals surface area contributed by atoms with Gasteiger partial charge in [-0.1, -0.05) is 0 Å². The summed E-state index contributed by atoms with van der Waals surface area (Å²) in [6, 6.07) is 10.9. The van der Waals surface area contributed by atoms with Crippen molar-refractivity contribution >= 4 is 34.4 Å². The van der Waals surface area contributed by atoms with Crippen LogP contribution in [-0.4, -0.2) is 43.6 Å². The van der Waals surface area contributed by atoms with Crippen LogP contribution in [0, 0.1) is 5.82 Å². The van der Waals surface area contributed by atoms with Crippen molar-refractivity contribution in [3.63, 3.8) is 0 Å². The SMILES string of the molecule is COc1cc(-c2cc(C(F)(F)F)cc3c2n(C)c(=O)n3CC(=O)Nc2ccc(SC)cc2)cc(F)c1OCc1nnc[nH]1. The molecule has 0 fully saturated rings. The Balaban J connectivity index is 1.59. The molecule has 2 aromatic heterocycles. The van der Waals surface area contributed by atoms with Crippen LogP contribution in [0.4, 0.5) is 23.2 Å². The average molecular weight is 617 g/mol. The summed E-state index contributed by atoms with van der Waals surface area (Å²) in [7, 11) is 2.61. The molecule has 0 bridgehead atoms. The maximum atomic E-state index is 15.4. The van der Waals surface area contributed by atoms with Crippen molar-refractivity contribution in [2.45, 2.75) is 24.2 Å². The standard InChI is InChI=1S/C28H24F4N6O4S/c1-37-25-19(15-8-20(29)26(22(9-15)41-2)42-13-23-33-14-34-36-23)10-16(28(30,31)32)11-21(25)38(27(37)40)12-24(39)35-17-4-6-18(43-3)7-5-17/h4-11,14H,12-13H2,1-3H3,(H,35,39)(H,33,34,36). The van der Waals surface area contributed by atoms with Crippen LogP contribution in [0.3, 0.4) is 0 Å². The number of hydrogen-bond donors (Lipinski definition) is 2. The number of carbonyl (C=O) groups is 1. The van der Waals surface area contributed by atoms with Crippen molar-refractivity contribution in [3.8, 4) is 22.6 Å². The first kappa shape index (κ1) is 29.7. The molecule has 1 amide bonds. The van der Waals surface area contributed by atoms with Gasteiger partial charge in [-0.15, -0.1) is 22.0 Å². The van der Waals surface area contributed by atoms with Crippen LogP contribution in [-0.2, 0) is 31.2 Å². The van der Waals surface area contributed by atoms with Gasteiger partial charge in [-0.05, 0) is 60.4 Å². The molecule has 5 rings (SSSR count). The second-order valence-electron chi connectivity index (χ2n) is 9.31. The fraction of sp³-hybridized carbons (Fsp3) is 0.214. The third-order valence-corrected chi connectivity index (χ3v) is 7.34. The molecule has 0 spiro atoms. The van der Waals surface area contributed by atoms with E-state index in [1.54, 1.807) is 24.3 Å². The van der Waals surface area contributed by atoms with Gasteiger partial charge in [-0.2, -0.15) is 13.2 Å². The Morgan fingerprint density at radius 2 is 1.88 bits per heavy atom. The highest BCUT2D eigenvalue weighted by molar-refractivity contribution is 7.98. The summed E-state index contributed by atoms with van der Waals surface area (Å²) in [6.07, 6.45) is -1.60. The van der Waals surface area contributed by atoms with Gasteiger partial charge >= 0.3 is 11.9 Å². The monoisotopic (exact) mass is 616 g/mol. The molecule has 224 valence electrons. The van der Waals surface area contributed by atoms with Crippen molar-refractivity contribution in [2.75, 3.05) is 18.7 Å². The summed E-state index contributed by atoms with van der Waals surface area (Å²) in [4.78, 5) is 29.8. The number of aryl methyl sites for hydroxylation is 1. The Bertz CT molecular complexity index is 1850. The third kappa shape index (κ3) is 6.07. The number of alkyl halides is 3. The number of H-pyrrole nitrogens is 1. The molecule has 0 aliphatic heterocycles. The summed E-state index contributed by atoms with van der Waals surface area (Å²) in [6.45, 7) is -0.741. The maximum absolute atomic E-state index is 15.4. The highest BCUT2D eigenvalue weighted by Gasteiger charge is 2.33. The van der Waals surface area contributed by atoms with Gasteiger partial charge in [0, 0.05) is 23.2 Å². The molecule has 2 N–H and O–H groups in total. The summed E-state index contributed by atoms with van der Waals surface area (Å²) in [5.74, 6) is -1.62. The number of aromatic nitrogens is 5. The van der Waals surface area contributed by atoms with Gasteiger partial charge in [0.15, 0.2) is 23.1 Å². The number of benzene rings is 3. The predicted octanol–water partition coefficient (Wildman–Crippen LogP) is 5.23. The van der Waals surface area contributed by atoms with Crippen LogP contribution >= 0.6 is 11.8 Å². The highest BCUT2D eigenvalue weighted by Crippen LogP contribution is 2.41. The van der Waals surface area contributed by atoms with Crippen LogP contribution in [0.15, 0.2) is 64.5 Å². The number of thioether (sulfide) groups is 1. The lowest BCUT2D eigenvalue weighted by molar-refractivity contribution is -0.137. The molecule has 3 aromatic carbocycles. The Hall–Kier alpha value is -4.79. The number of imidazole rings is 1. The van der Waals surface area contributed by atoms with Crippen molar-refractivity contribution in [1.82, 2.24) is 24.3 Å². The van der Waals surface area contributed by atoms with E-state index in [-0.39, 0.29) is 40.3 Å². The number of nitrogens with one attached hydrogen (secondary N) is 2. The Labute approximate surface area is 245 Å². The van der Waals surface area contributed by atoms with Gasteiger partial charge in [0.2, 0.25) is 5.91 Å². The van der Waals surface area contributed by atoms with E-state index in [0.717, 1.165) is 32.2 Å². The third-order valence-electron chi connectivity index (χ3n) is 6.60. The Kier molecular flexibility index (Phi) is 8.17. The maximum Gasteiger partial charge on any atom is 0.416 e. The van der Waals surface area contributed by atoms with Crippen molar-refractivity contribution in [3.05, 3.63) is 82.5 Å². The molecule has 2 heterocycles. The second-order valence-corrected chi connectivity index (χ2v) is 10.2. The van der Waals surface area contributed by atoms with E-state index in [9.17, 15) is 22.8 Å². The molecule has 0 aliphatic rings. The number of halogens is 4. The topological polar surface area (TPSA) is 116 Å². The first-order valence-corrected chi connectivity index (χ1v) is 13.8. The van der Waals surface area contributed by atoms with E-state index in [0.29, 0.717) is 11.5 Å². The zero-order valence-electron chi connectivity index (χ0n) is 23.0. The van der Waals surface area contributed by atoms with Gasteiger partial charge in [0.05, 0.1) is 23.7 Å². The fourth-order valence-electron chi connectivity index (χ4n) is 4.57. The van der Waals surface area contributed by atoms with E-state index in [1.165, 1.54) is 38.3 Å². The lowest BCUT2D eigenvalue weighted by Gasteiger charge is -2.15. The molecule has 43 heavy (non-hydrogen) atoms. The molecule has 15 heteroatoms. The largest absolute Gasteiger partial charge is 0.493 e. The molecule has 0 saturated carbocycles. The van der Waals surface area contributed by atoms with Crippen LogP contribution < -0.4 is 20.5 Å². The van der Waals surface area contributed by atoms with Crippen molar-refractivity contribution in [2.24, 2.45) is 7.05 Å². The number of ether oxygens (including phenoxy) is 2. The smallest absolute Gasteiger partial charge is 0.416 e. The minimum absolute atomic E-state index is 0.0106. The first-order valence-electron chi connectivity index (χ1n) is 12.6. The molecule has 10 nitrogen and oxygen atoms in total. The van der Waals surface area contributed by atoms with Crippen LogP contribution in [0.1, 0.15) is 11.4 Å². The normalized spacial score (nSPS) is 11.6. The number of fused-ring (bicyclic) bond motifs is 1. The lowest BCUT2D eigenvalue weighted by Crippen LogP contribution is -2.28. The van der Waals surface area contributed by atoms with E-state index in [4.69, 9.17) is 9.47 Å². The predicted molar refractivity (Wildman–Crippen MR) is 152 cm³/mol. The molecular formula is C28H24F4N6O4S. The second kappa shape index (κ2) is 11.8. The van der Waals surface area contributed by atoms with Gasteiger partial charge in [-0.25, -0.2) is 9.18 Å². The molecule has 0 unspecified atom stereocenters. The zero-order valence-corrected chi connectivity index (χ0v) is 23.8. The Morgan fingerprint density at radius 1 is 1.14 bits per heavy atom. The van der Waals surface area contributed by atoms with E-state index < -0.39 is 35.7 Å². The molecule has 5 aromatic rings. The number of rotatable bonds is 9. The van der Waals surface area contributed by atoms with E-state index in [2.05, 4.69) is 20.5 Å². The van der Waals surface area contributed by atoms with Crippen LogP contribution in [0.2, 0.25) is 0 Å². The minimum atomic E-state index is -4.82. The van der Waals surface area contributed by atoms with Crippen LogP contribution in [0.25, 0.3) is 22.2 Å². The molecular weight excluding hydrogens is 592 g/mol. The molecule has 0 aliphatic carbocycles. The van der Waals surface area contributed by atoms with E-state index >= 15 is 4.39 Å². The summed E-state index contributed by atoms with van der Waals surface area (Å²) in [5.41, 5.74) is -1.57. The summed E-state index contributed by atoms with van der Waals surface area (Å²) >= 11 is 1.52. The van der Waals surface area contributed by atoms with Crippen molar-refractivity contribution < 1.29 is 31.8 Å².